The van der Waals surface area contributed by atoms with Crippen molar-refractivity contribution in [1.29, 1.82) is 0 Å². The average Bonchev–Trinajstić information content (AvgIpc) is 3.04. The van der Waals surface area contributed by atoms with Crippen LogP contribution < -0.4 is 9.84 Å². The molecule has 96 valence electrons. The largest absolute Gasteiger partial charge is 0.541 e. The second-order valence-electron chi connectivity index (χ2n) is 4.02. The molecule has 0 aliphatic heterocycles. The van der Waals surface area contributed by atoms with Crippen LogP contribution in [0, 0.1) is 0 Å². The van der Waals surface area contributed by atoms with Gasteiger partial charge in [-0.25, -0.2) is 0 Å². The van der Waals surface area contributed by atoms with E-state index in [4.69, 9.17) is 9.15 Å². The molecule has 0 saturated heterocycles. The summed E-state index contributed by atoms with van der Waals surface area (Å²) in [5, 5.41) is 11.9. The molecule has 0 radical (unpaired) electrons. The summed E-state index contributed by atoms with van der Waals surface area (Å²) >= 11 is 0. The molecular formula is C14H10NO4-. The predicted molar refractivity (Wildman–Crippen MR) is 66.4 cm³/mol. The van der Waals surface area contributed by atoms with E-state index in [0.717, 1.165) is 0 Å². The Bertz CT molecular complexity index is 740. The van der Waals surface area contributed by atoms with Crippen molar-refractivity contribution in [3.63, 3.8) is 0 Å². The van der Waals surface area contributed by atoms with Gasteiger partial charge in [-0.3, -0.25) is 0 Å². The van der Waals surface area contributed by atoms with E-state index >= 15 is 0 Å². The maximum atomic E-state index is 11.2. The zero-order valence-electron chi connectivity index (χ0n) is 10.1. The zero-order chi connectivity index (χ0) is 13.4. The molecule has 0 fully saturated rings. The van der Waals surface area contributed by atoms with Gasteiger partial charge in [0.25, 0.3) is 0 Å². The lowest BCUT2D eigenvalue weighted by Gasteiger charge is -2.05. The van der Waals surface area contributed by atoms with Gasteiger partial charge in [0.15, 0.2) is 5.76 Å². The van der Waals surface area contributed by atoms with Crippen LogP contribution in [0.1, 0.15) is 10.6 Å². The van der Waals surface area contributed by atoms with Gasteiger partial charge in [-0.1, -0.05) is 0 Å². The Morgan fingerprint density at radius 1 is 1.32 bits per heavy atom. The average molecular weight is 256 g/mol. The molecule has 0 amide bonds. The smallest absolute Gasteiger partial charge is 0.174 e. The summed E-state index contributed by atoms with van der Waals surface area (Å²) in [6.45, 7) is 0. The number of fused-ring (bicyclic) bond motifs is 1. The highest BCUT2D eigenvalue weighted by atomic mass is 16.5. The van der Waals surface area contributed by atoms with E-state index in [9.17, 15) is 9.90 Å². The molecule has 19 heavy (non-hydrogen) atoms. The number of ether oxygens (including phenoxy) is 1. The molecule has 0 aliphatic rings. The van der Waals surface area contributed by atoms with Crippen LogP contribution in [0.2, 0.25) is 0 Å². The minimum absolute atomic E-state index is 0.195. The number of carboxylic acids is 1. The Balaban J connectivity index is 2.37. The number of hydrogen-bond acceptors (Lipinski definition) is 4. The van der Waals surface area contributed by atoms with Crippen LogP contribution in [0.4, 0.5) is 0 Å². The predicted octanol–water partition coefficient (Wildman–Crippen LogP) is 1.60. The van der Waals surface area contributed by atoms with E-state index in [1.807, 2.05) is 0 Å². The normalized spacial score (nSPS) is 10.8. The van der Waals surface area contributed by atoms with Crippen LogP contribution in [0.15, 0.2) is 47.1 Å². The molecule has 2 heterocycles. The SMILES string of the molecule is COc1ccc2oc(C(=O)[O-])c(-n3cccc3)c2c1. The van der Waals surface area contributed by atoms with E-state index in [1.54, 1.807) is 54.4 Å². The summed E-state index contributed by atoms with van der Waals surface area (Å²) in [5.74, 6) is -0.912. The van der Waals surface area contributed by atoms with Crippen LogP contribution in [0.25, 0.3) is 16.7 Å². The monoisotopic (exact) mass is 256 g/mol. The van der Waals surface area contributed by atoms with Gasteiger partial charge in [0.2, 0.25) is 0 Å². The van der Waals surface area contributed by atoms with E-state index in [-0.39, 0.29) is 5.76 Å². The molecule has 3 rings (SSSR count). The number of aromatic nitrogens is 1. The topological polar surface area (TPSA) is 67.4 Å². The molecule has 5 heteroatoms. The number of hydrogen-bond donors (Lipinski definition) is 0. The van der Waals surface area contributed by atoms with Crippen LogP contribution >= 0.6 is 0 Å². The number of carboxylic acid groups (broad SMARTS) is 1. The fraction of sp³-hybridized carbons (Fsp3) is 0.0714. The Hall–Kier alpha value is -2.69. The molecule has 5 nitrogen and oxygen atoms in total. The summed E-state index contributed by atoms with van der Waals surface area (Å²) in [6, 6.07) is 8.73. The second kappa shape index (κ2) is 4.20. The van der Waals surface area contributed by atoms with Crippen molar-refractivity contribution < 1.29 is 19.1 Å². The van der Waals surface area contributed by atoms with Gasteiger partial charge in [-0.15, -0.1) is 0 Å². The van der Waals surface area contributed by atoms with Crippen molar-refractivity contribution in [3.05, 3.63) is 48.5 Å². The standard InChI is InChI=1S/C14H11NO4/c1-18-9-4-5-11-10(8-9)12(13(19-11)14(16)17)15-6-2-3-7-15/h2-8H,1H3,(H,16,17)/p-1. The van der Waals surface area contributed by atoms with Crippen molar-refractivity contribution >= 4 is 16.9 Å². The first-order chi connectivity index (χ1) is 9.20. The molecule has 0 atom stereocenters. The third-order valence-corrected chi connectivity index (χ3v) is 2.92. The molecule has 0 aliphatic carbocycles. The summed E-state index contributed by atoms with van der Waals surface area (Å²) in [4.78, 5) is 11.2. The Labute approximate surface area is 108 Å². The second-order valence-corrected chi connectivity index (χ2v) is 4.02. The minimum Gasteiger partial charge on any atom is -0.541 e. The van der Waals surface area contributed by atoms with Gasteiger partial charge >= 0.3 is 0 Å². The number of aromatic carboxylic acids is 1. The maximum absolute atomic E-state index is 11.2. The summed E-state index contributed by atoms with van der Waals surface area (Å²) in [7, 11) is 1.55. The van der Waals surface area contributed by atoms with Gasteiger partial charge in [-0.05, 0) is 30.3 Å². The van der Waals surface area contributed by atoms with Crippen LogP contribution in [-0.2, 0) is 0 Å². The Morgan fingerprint density at radius 3 is 2.68 bits per heavy atom. The molecule has 2 aromatic heterocycles. The quantitative estimate of drug-likeness (QED) is 0.713. The van der Waals surface area contributed by atoms with Crippen LogP contribution in [0.5, 0.6) is 5.75 Å². The van der Waals surface area contributed by atoms with Gasteiger partial charge in [0.1, 0.15) is 23.0 Å². The van der Waals surface area contributed by atoms with Crippen molar-refractivity contribution in [2.75, 3.05) is 7.11 Å². The van der Waals surface area contributed by atoms with E-state index in [1.165, 1.54) is 0 Å². The highest BCUT2D eigenvalue weighted by Crippen LogP contribution is 2.32. The molecular weight excluding hydrogens is 246 g/mol. The Kier molecular flexibility index (Phi) is 2.52. The highest BCUT2D eigenvalue weighted by Gasteiger charge is 2.16. The van der Waals surface area contributed by atoms with Crippen LogP contribution in [-0.4, -0.2) is 17.6 Å². The van der Waals surface area contributed by atoms with Gasteiger partial charge in [-0.2, -0.15) is 0 Å². The van der Waals surface area contributed by atoms with E-state index in [2.05, 4.69) is 0 Å². The summed E-state index contributed by atoms with van der Waals surface area (Å²) < 4.78 is 12.2. The van der Waals surface area contributed by atoms with E-state index in [0.29, 0.717) is 22.4 Å². The fourth-order valence-corrected chi connectivity index (χ4v) is 2.07. The number of furan rings is 1. The van der Waals surface area contributed by atoms with Crippen LogP contribution in [0.3, 0.4) is 0 Å². The number of carbonyl (C=O) groups is 1. The van der Waals surface area contributed by atoms with Crippen molar-refractivity contribution in [2.45, 2.75) is 0 Å². The lowest BCUT2D eigenvalue weighted by Crippen LogP contribution is -2.23. The zero-order valence-corrected chi connectivity index (χ0v) is 10.1. The third kappa shape index (κ3) is 1.76. The molecule has 0 unspecified atom stereocenters. The number of benzene rings is 1. The number of nitrogens with zero attached hydrogens (tertiary/aromatic N) is 1. The minimum atomic E-state index is -1.35. The number of carbonyl (C=O) groups excluding carboxylic acids is 1. The van der Waals surface area contributed by atoms with Gasteiger partial charge in [0, 0.05) is 17.8 Å². The Morgan fingerprint density at radius 2 is 2.05 bits per heavy atom. The highest BCUT2D eigenvalue weighted by molar-refractivity contribution is 5.99. The third-order valence-electron chi connectivity index (χ3n) is 2.92. The molecule has 0 saturated carbocycles. The molecule has 3 aromatic rings. The van der Waals surface area contributed by atoms with Crippen molar-refractivity contribution in [2.24, 2.45) is 0 Å². The first-order valence-corrected chi connectivity index (χ1v) is 5.66. The molecule has 0 N–H and O–H groups in total. The van der Waals surface area contributed by atoms with E-state index < -0.39 is 5.97 Å². The van der Waals surface area contributed by atoms with Crippen molar-refractivity contribution in [3.8, 4) is 11.4 Å². The first-order valence-electron chi connectivity index (χ1n) is 5.66. The number of methoxy groups -OCH3 is 1. The number of rotatable bonds is 3. The van der Waals surface area contributed by atoms with Crippen molar-refractivity contribution in [1.82, 2.24) is 4.57 Å². The lowest BCUT2D eigenvalue weighted by molar-refractivity contribution is -0.256. The lowest BCUT2D eigenvalue weighted by atomic mass is 10.2. The summed E-state index contributed by atoms with van der Waals surface area (Å²) in [6.07, 6.45) is 3.49. The molecule has 0 bridgehead atoms. The molecule has 0 spiro atoms. The first kappa shape index (κ1) is 11.4. The van der Waals surface area contributed by atoms with Gasteiger partial charge in [0.05, 0.1) is 7.11 Å². The van der Waals surface area contributed by atoms with Gasteiger partial charge < -0.3 is 23.6 Å². The maximum Gasteiger partial charge on any atom is 0.174 e. The fourth-order valence-electron chi connectivity index (χ4n) is 2.07. The molecule has 1 aromatic carbocycles. The summed E-state index contributed by atoms with van der Waals surface area (Å²) in [5.41, 5.74) is 0.919.